The number of aromatic amines is 1. The lowest BCUT2D eigenvalue weighted by Gasteiger charge is -2.32. The first-order valence-electron chi connectivity index (χ1n) is 14.8. The number of unbranched alkanes of at least 4 members (excludes halogenated alkanes) is 2. The Morgan fingerprint density at radius 1 is 0.810 bits per heavy atom. The summed E-state index contributed by atoms with van der Waals surface area (Å²) in [5.74, 6) is -0.544. The molecule has 1 unspecified atom stereocenters. The lowest BCUT2D eigenvalue weighted by Crippen LogP contribution is -2.44. The molecule has 2 amide bonds. The van der Waals surface area contributed by atoms with Gasteiger partial charge in [0, 0.05) is 16.6 Å². The molecule has 4 aromatic rings. The number of anilines is 1. The summed E-state index contributed by atoms with van der Waals surface area (Å²) in [7, 11) is -0.229. The summed E-state index contributed by atoms with van der Waals surface area (Å²) >= 11 is 0. The molecule has 1 saturated heterocycles. The van der Waals surface area contributed by atoms with Gasteiger partial charge in [-0.3, -0.25) is 9.59 Å². The molecule has 3 N–H and O–H groups in total. The number of hydrogen-bond acceptors (Lipinski definition) is 4. The number of nitrogens with one attached hydrogen (secondary N) is 3. The van der Waals surface area contributed by atoms with Crippen LogP contribution in [0.4, 0.5) is 5.69 Å². The van der Waals surface area contributed by atoms with E-state index in [1.165, 1.54) is 0 Å². The summed E-state index contributed by atoms with van der Waals surface area (Å²) in [5.41, 5.74) is 3.39. The van der Waals surface area contributed by atoms with Crippen molar-refractivity contribution in [2.24, 2.45) is 0 Å². The van der Waals surface area contributed by atoms with Crippen LogP contribution in [0.25, 0.3) is 22.0 Å². The van der Waals surface area contributed by atoms with Crippen molar-refractivity contribution in [3.05, 3.63) is 90.6 Å². The van der Waals surface area contributed by atoms with Crippen molar-refractivity contribution in [3.8, 4) is 11.1 Å². The van der Waals surface area contributed by atoms with Gasteiger partial charge in [0.2, 0.25) is 5.91 Å². The number of carbonyl (C=O) groups is 2. The summed E-state index contributed by atoms with van der Waals surface area (Å²) < 4.78 is 12.2. The van der Waals surface area contributed by atoms with Crippen LogP contribution in [0.5, 0.6) is 0 Å². The lowest BCUT2D eigenvalue weighted by atomic mass is 9.82. The van der Waals surface area contributed by atoms with Gasteiger partial charge in [-0.25, -0.2) is 0 Å². The molecule has 5 rings (SSSR count). The number of amides is 2. The number of para-hydroxylation sites is 1. The smallest absolute Gasteiger partial charge is 0.403 e. The average molecular weight is 566 g/mol. The van der Waals surface area contributed by atoms with Gasteiger partial charge in [0.05, 0.1) is 11.2 Å². The molecule has 1 aromatic heterocycles. The molecular weight excluding hydrogens is 525 g/mol. The van der Waals surface area contributed by atoms with Gasteiger partial charge >= 0.3 is 7.12 Å². The van der Waals surface area contributed by atoms with Crippen LogP contribution in [0, 0.1) is 0 Å². The fourth-order valence-electron chi connectivity index (χ4n) is 5.26. The summed E-state index contributed by atoms with van der Waals surface area (Å²) in [5, 5.41) is 6.97. The molecule has 1 atom stereocenters. The van der Waals surface area contributed by atoms with E-state index in [1.54, 1.807) is 0 Å². The SMILES string of the molecule is CC1(C)OB(CCCCCC(NC(=O)c2cc3ccccc3[nH]2)C(=O)Nc2cccc(-c3ccccc3)c2)OC1(C)C. The van der Waals surface area contributed by atoms with Crippen molar-refractivity contribution in [2.45, 2.75) is 76.9 Å². The summed E-state index contributed by atoms with van der Waals surface area (Å²) in [6, 6.07) is 26.6. The van der Waals surface area contributed by atoms with E-state index in [9.17, 15) is 9.59 Å². The largest absolute Gasteiger partial charge is 0.457 e. The molecular formula is C34H40BN3O4. The predicted octanol–water partition coefficient (Wildman–Crippen LogP) is 7.22. The van der Waals surface area contributed by atoms with Crippen LogP contribution >= 0.6 is 0 Å². The summed E-state index contributed by atoms with van der Waals surface area (Å²) in [4.78, 5) is 30.0. The maximum Gasteiger partial charge on any atom is 0.457 e. The van der Waals surface area contributed by atoms with E-state index in [-0.39, 0.29) is 30.1 Å². The molecule has 0 saturated carbocycles. The first-order chi connectivity index (χ1) is 20.1. The molecule has 1 aliphatic rings. The van der Waals surface area contributed by atoms with Gasteiger partial charge in [-0.1, -0.05) is 79.9 Å². The first kappa shape index (κ1) is 29.6. The Labute approximate surface area is 248 Å². The van der Waals surface area contributed by atoms with Crippen molar-refractivity contribution >= 4 is 35.5 Å². The van der Waals surface area contributed by atoms with Gasteiger partial charge in [-0.15, -0.1) is 0 Å². The maximum atomic E-state index is 13.5. The number of H-pyrrole nitrogens is 1. The normalized spacial score (nSPS) is 16.3. The number of fused-ring (bicyclic) bond motifs is 1. The van der Waals surface area contributed by atoms with E-state index < -0.39 is 6.04 Å². The van der Waals surface area contributed by atoms with E-state index in [2.05, 4.69) is 43.3 Å². The third kappa shape index (κ3) is 6.94. The van der Waals surface area contributed by atoms with Gasteiger partial charge in [-0.2, -0.15) is 0 Å². The highest BCUT2D eigenvalue weighted by Gasteiger charge is 2.50. The highest BCUT2D eigenvalue weighted by Crippen LogP contribution is 2.38. The monoisotopic (exact) mass is 565 g/mol. The molecule has 218 valence electrons. The molecule has 8 heteroatoms. The van der Waals surface area contributed by atoms with Crippen molar-refractivity contribution in [2.75, 3.05) is 5.32 Å². The summed E-state index contributed by atoms with van der Waals surface area (Å²) in [6.07, 6.45) is 3.87. The number of carbonyl (C=O) groups excluding carboxylic acids is 2. The van der Waals surface area contributed by atoms with Crippen LogP contribution in [-0.2, 0) is 14.1 Å². The maximum absolute atomic E-state index is 13.5. The van der Waals surface area contributed by atoms with Crippen molar-refractivity contribution in [1.82, 2.24) is 10.3 Å². The van der Waals surface area contributed by atoms with Crippen LogP contribution in [0.2, 0.25) is 6.32 Å². The second kappa shape index (κ2) is 12.6. The molecule has 0 aliphatic carbocycles. The third-order valence-corrected chi connectivity index (χ3v) is 8.37. The van der Waals surface area contributed by atoms with E-state index in [4.69, 9.17) is 9.31 Å². The van der Waals surface area contributed by atoms with Crippen molar-refractivity contribution in [1.29, 1.82) is 0 Å². The van der Waals surface area contributed by atoms with Gasteiger partial charge in [0.1, 0.15) is 11.7 Å². The van der Waals surface area contributed by atoms with Crippen LogP contribution < -0.4 is 10.6 Å². The minimum absolute atomic E-state index is 0.229. The standard InChI is InChI=1S/C34H40BN3O4/c1-33(2)34(3,4)42-35(41-33)21-12-6-9-20-29(38-32(40)30-23-26-16-10-11-19-28(26)37-30)31(39)36-27-18-13-17-25(22-27)24-14-7-5-8-15-24/h5,7-8,10-11,13-19,22-23,29,37H,6,9,12,20-21H2,1-4H3,(H,36,39)(H,38,40). The van der Waals surface area contributed by atoms with E-state index >= 15 is 0 Å². The molecule has 0 radical (unpaired) electrons. The Hall–Kier alpha value is -3.88. The Balaban J connectivity index is 1.23. The number of hydrogen-bond donors (Lipinski definition) is 3. The minimum Gasteiger partial charge on any atom is -0.403 e. The van der Waals surface area contributed by atoms with E-state index in [0.717, 1.165) is 47.6 Å². The lowest BCUT2D eigenvalue weighted by molar-refractivity contribution is -0.118. The highest BCUT2D eigenvalue weighted by molar-refractivity contribution is 6.45. The first-order valence-corrected chi connectivity index (χ1v) is 14.8. The highest BCUT2D eigenvalue weighted by atomic mass is 16.7. The van der Waals surface area contributed by atoms with Gasteiger partial charge in [0.15, 0.2) is 0 Å². The number of aromatic nitrogens is 1. The molecule has 7 nitrogen and oxygen atoms in total. The van der Waals surface area contributed by atoms with Gasteiger partial charge in [0.25, 0.3) is 5.91 Å². The fourth-order valence-corrected chi connectivity index (χ4v) is 5.26. The Morgan fingerprint density at radius 2 is 1.50 bits per heavy atom. The van der Waals surface area contributed by atoms with Crippen molar-refractivity contribution < 1.29 is 18.9 Å². The van der Waals surface area contributed by atoms with Crippen LogP contribution in [0.15, 0.2) is 84.9 Å². The fraction of sp³-hybridized carbons (Fsp3) is 0.353. The predicted molar refractivity (Wildman–Crippen MR) is 169 cm³/mol. The Morgan fingerprint density at radius 3 is 2.24 bits per heavy atom. The molecule has 2 heterocycles. The van der Waals surface area contributed by atoms with Crippen LogP contribution in [0.1, 0.15) is 63.9 Å². The zero-order valence-electron chi connectivity index (χ0n) is 24.9. The van der Waals surface area contributed by atoms with Crippen molar-refractivity contribution in [3.63, 3.8) is 0 Å². The van der Waals surface area contributed by atoms with E-state index in [0.29, 0.717) is 17.8 Å². The molecule has 0 bridgehead atoms. The number of rotatable bonds is 11. The molecule has 3 aromatic carbocycles. The summed E-state index contributed by atoms with van der Waals surface area (Å²) in [6.45, 7) is 8.23. The van der Waals surface area contributed by atoms with Crippen LogP contribution in [0.3, 0.4) is 0 Å². The van der Waals surface area contributed by atoms with E-state index in [1.807, 2.05) is 84.9 Å². The minimum atomic E-state index is -0.693. The average Bonchev–Trinajstić information content (AvgIpc) is 3.49. The molecule has 1 aliphatic heterocycles. The quantitative estimate of drug-likeness (QED) is 0.132. The number of benzene rings is 3. The molecule has 42 heavy (non-hydrogen) atoms. The Bertz CT molecular complexity index is 1480. The van der Waals surface area contributed by atoms with Gasteiger partial charge < -0.3 is 24.9 Å². The molecule has 1 fully saturated rings. The third-order valence-electron chi connectivity index (χ3n) is 8.37. The topological polar surface area (TPSA) is 92.5 Å². The van der Waals surface area contributed by atoms with Gasteiger partial charge in [-0.05, 0) is 75.8 Å². The molecule has 0 spiro atoms. The zero-order valence-corrected chi connectivity index (χ0v) is 24.9. The second-order valence-corrected chi connectivity index (χ2v) is 12.1. The second-order valence-electron chi connectivity index (χ2n) is 12.1. The van der Waals surface area contributed by atoms with Crippen LogP contribution in [-0.4, -0.2) is 41.2 Å². The Kier molecular flexibility index (Phi) is 8.85. The zero-order chi connectivity index (χ0) is 29.7.